The van der Waals surface area contributed by atoms with Crippen molar-refractivity contribution in [1.82, 2.24) is 5.32 Å². The second-order valence-corrected chi connectivity index (χ2v) is 20.4. The third-order valence-electron chi connectivity index (χ3n) is 13.7. The van der Waals surface area contributed by atoms with Crippen molar-refractivity contribution in [3.8, 4) is 0 Å². The molecule has 0 rings (SSSR count). The molecule has 0 fully saturated rings. The monoisotopic (exact) mass is 942 g/mol. The van der Waals surface area contributed by atoms with Gasteiger partial charge < -0.3 is 20.3 Å². The normalized spacial score (nSPS) is 12.8. The van der Waals surface area contributed by atoms with Crippen molar-refractivity contribution < 1.29 is 24.5 Å². The van der Waals surface area contributed by atoms with E-state index in [1.807, 2.05) is 0 Å². The van der Waals surface area contributed by atoms with Gasteiger partial charge in [-0.3, -0.25) is 9.59 Å². The van der Waals surface area contributed by atoms with Crippen LogP contribution >= 0.6 is 0 Å². The van der Waals surface area contributed by atoms with Gasteiger partial charge in [-0.2, -0.15) is 0 Å². The first-order chi connectivity index (χ1) is 33.0. The molecule has 0 heterocycles. The molecule has 0 saturated heterocycles. The summed E-state index contributed by atoms with van der Waals surface area (Å²) in [6.45, 7) is 4.88. The van der Waals surface area contributed by atoms with Gasteiger partial charge in [-0.15, -0.1) is 0 Å². The molecular formula is C61H115NO5. The molecule has 2 unspecified atom stereocenters. The molecular weight excluding hydrogens is 827 g/mol. The zero-order chi connectivity index (χ0) is 48.6. The lowest BCUT2D eigenvalue weighted by Gasteiger charge is -2.22. The van der Waals surface area contributed by atoms with Crippen LogP contribution in [0.5, 0.6) is 0 Å². The van der Waals surface area contributed by atoms with Crippen LogP contribution < -0.4 is 5.32 Å². The summed E-state index contributed by atoms with van der Waals surface area (Å²) in [6, 6.07) is -0.560. The number of aliphatic hydroxyl groups excluding tert-OH is 2. The number of aliphatic hydroxyl groups is 2. The quantitative estimate of drug-likeness (QED) is 0.0244. The molecule has 0 saturated carbocycles. The van der Waals surface area contributed by atoms with Crippen LogP contribution in [0, 0.1) is 0 Å². The topological polar surface area (TPSA) is 95.9 Å². The second-order valence-electron chi connectivity index (χ2n) is 20.4. The number of hydrogen-bond acceptors (Lipinski definition) is 5. The Bertz CT molecular complexity index is 1090. The molecule has 0 radical (unpaired) electrons. The Balaban J connectivity index is 3.51. The van der Waals surface area contributed by atoms with E-state index >= 15 is 0 Å². The first-order valence-corrected chi connectivity index (χ1v) is 29.8. The molecule has 0 aliphatic rings. The van der Waals surface area contributed by atoms with Crippen LogP contribution in [0.15, 0.2) is 36.5 Å². The van der Waals surface area contributed by atoms with Crippen LogP contribution in [-0.2, 0) is 14.3 Å². The molecule has 0 aliphatic heterocycles. The van der Waals surface area contributed by atoms with Gasteiger partial charge >= 0.3 is 5.97 Å². The summed E-state index contributed by atoms with van der Waals surface area (Å²) in [5.41, 5.74) is 0. The van der Waals surface area contributed by atoms with Crippen LogP contribution in [0.1, 0.15) is 316 Å². The maximum Gasteiger partial charge on any atom is 0.305 e. The number of allylic oxidation sites excluding steroid dienone is 6. The fourth-order valence-electron chi connectivity index (χ4n) is 9.10. The molecule has 394 valence electrons. The van der Waals surface area contributed by atoms with Crippen LogP contribution in [0.25, 0.3) is 0 Å². The van der Waals surface area contributed by atoms with E-state index in [0.717, 1.165) is 77.0 Å². The van der Waals surface area contributed by atoms with Gasteiger partial charge in [-0.25, -0.2) is 0 Å². The van der Waals surface area contributed by atoms with E-state index in [4.69, 9.17) is 4.74 Å². The number of nitrogens with one attached hydrogen (secondary N) is 1. The zero-order valence-electron chi connectivity index (χ0n) is 44.9. The summed E-state index contributed by atoms with van der Waals surface area (Å²) >= 11 is 0. The van der Waals surface area contributed by atoms with Gasteiger partial charge in [0.2, 0.25) is 5.91 Å². The minimum absolute atomic E-state index is 0.0315. The Morgan fingerprint density at radius 2 is 0.746 bits per heavy atom. The van der Waals surface area contributed by atoms with Crippen molar-refractivity contribution in [2.45, 2.75) is 328 Å². The molecule has 0 bridgehead atoms. The van der Waals surface area contributed by atoms with Crippen molar-refractivity contribution in [3.05, 3.63) is 36.5 Å². The van der Waals surface area contributed by atoms with Crippen molar-refractivity contribution in [3.63, 3.8) is 0 Å². The molecule has 0 aliphatic carbocycles. The summed E-state index contributed by atoms with van der Waals surface area (Å²) < 4.78 is 5.43. The van der Waals surface area contributed by atoms with E-state index in [1.165, 1.54) is 205 Å². The lowest BCUT2D eigenvalue weighted by atomic mass is 10.0. The fourth-order valence-corrected chi connectivity index (χ4v) is 9.10. The van der Waals surface area contributed by atoms with Gasteiger partial charge in [0.1, 0.15) is 0 Å². The number of carbonyl (C=O) groups excluding carboxylic acids is 2. The third kappa shape index (κ3) is 53.3. The number of esters is 1. The molecule has 6 nitrogen and oxygen atoms in total. The summed E-state index contributed by atoms with van der Waals surface area (Å²) in [6.07, 6.45) is 70.0. The standard InChI is InChI=1S/C61H115NO5/c1-3-5-7-9-11-13-15-17-18-19-20-21-22-23-24-25-27-30-33-37-41-45-49-53-59(64)58(57-63)62-60(65)54-50-46-42-38-34-31-28-26-29-32-36-40-44-48-52-56-67-61(66)55-51-47-43-39-35-16-14-12-10-8-6-4-2/h12,14,26,29,32,36,58-59,63-64H,3-11,13,15-25,27-28,30-31,33-35,37-57H2,1-2H3,(H,62,65)/b14-12-,29-26-,36-32-. The van der Waals surface area contributed by atoms with E-state index in [0.29, 0.717) is 25.9 Å². The van der Waals surface area contributed by atoms with Crippen molar-refractivity contribution in [2.24, 2.45) is 0 Å². The van der Waals surface area contributed by atoms with Crippen molar-refractivity contribution in [2.75, 3.05) is 13.2 Å². The maximum absolute atomic E-state index is 12.5. The first kappa shape index (κ1) is 65.1. The van der Waals surface area contributed by atoms with Crippen LogP contribution in [-0.4, -0.2) is 47.4 Å². The number of unbranched alkanes of at least 4 members (excludes halogenated alkanes) is 39. The SMILES string of the molecule is CCCCC/C=C\CCCCCCCC(=O)OCCCCC/C=C\C=C/CCCCCCCCC(=O)NC(CO)C(O)CCCCCCCCCCCCCCCCCCCCCCCCC. The van der Waals surface area contributed by atoms with Gasteiger partial charge in [0.15, 0.2) is 0 Å². The second kappa shape index (κ2) is 56.7. The summed E-state index contributed by atoms with van der Waals surface area (Å²) in [7, 11) is 0. The number of carbonyl (C=O) groups is 2. The predicted octanol–water partition coefficient (Wildman–Crippen LogP) is 18.4. The molecule has 0 spiro atoms. The van der Waals surface area contributed by atoms with Crippen LogP contribution in [0.4, 0.5) is 0 Å². The summed E-state index contributed by atoms with van der Waals surface area (Å²) in [5, 5.41) is 23.3. The number of ether oxygens (including phenoxy) is 1. The van der Waals surface area contributed by atoms with Gasteiger partial charge in [-0.05, 0) is 83.5 Å². The van der Waals surface area contributed by atoms with Crippen LogP contribution in [0.3, 0.4) is 0 Å². The fraction of sp³-hybridized carbons (Fsp3) is 0.869. The number of hydrogen-bond donors (Lipinski definition) is 3. The van der Waals surface area contributed by atoms with Gasteiger partial charge in [0.25, 0.3) is 0 Å². The van der Waals surface area contributed by atoms with Gasteiger partial charge in [0.05, 0.1) is 25.4 Å². The Morgan fingerprint density at radius 3 is 1.18 bits per heavy atom. The molecule has 2 atom stereocenters. The Morgan fingerprint density at radius 1 is 0.418 bits per heavy atom. The average molecular weight is 943 g/mol. The first-order valence-electron chi connectivity index (χ1n) is 29.8. The molecule has 1 amide bonds. The summed E-state index contributed by atoms with van der Waals surface area (Å²) in [5.74, 6) is -0.0868. The lowest BCUT2D eigenvalue weighted by Crippen LogP contribution is -2.45. The van der Waals surface area contributed by atoms with E-state index < -0.39 is 12.1 Å². The lowest BCUT2D eigenvalue weighted by molar-refractivity contribution is -0.143. The minimum Gasteiger partial charge on any atom is -0.466 e. The molecule has 67 heavy (non-hydrogen) atoms. The highest BCUT2D eigenvalue weighted by Gasteiger charge is 2.20. The Hall–Kier alpha value is -1.92. The molecule has 6 heteroatoms. The van der Waals surface area contributed by atoms with Crippen molar-refractivity contribution >= 4 is 11.9 Å². The number of amides is 1. The Labute approximate surface area is 417 Å². The minimum atomic E-state index is -0.680. The molecule has 0 aromatic carbocycles. The molecule has 3 N–H and O–H groups in total. The smallest absolute Gasteiger partial charge is 0.305 e. The van der Waals surface area contributed by atoms with Gasteiger partial charge in [0, 0.05) is 12.8 Å². The van der Waals surface area contributed by atoms with Crippen molar-refractivity contribution in [1.29, 1.82) is 0 Å². The van der Waals surface area contributed by atoms with Gasteiger partial charge in [-0.1, -0.05) is 256 Å². The van der Waals surface area contributed by atoms with E-state index in [9.17, 15) is 19.8 Å². The average Bonchev–Trinajstić information content (AvgIpc) is 3.33. The zero-order valence-corrected chi connectivity index (χ0v) is 44.9. The predicted molar refractivity (Wildman–Crippen MR) is 292 cm³/mol. The number of rotatable bonds is 55. The summed E-state index contributed by atoms with van der Waals surface area (Å²) in [4.78, 5) is 24.5. The van der Waals surface area contributed by atoms with Crippen LogP contribution in [0.2, 0.25) is 0 Å². The maximum atomic E-state index is 12.5. The Kier molecular flexibility index (Phi) is 55.0. The highest BCUT2D eigenvalue weighted by Crippen LogP contribution is 2.17. The van der Waals surface area contributed by atoms with E-state index in [-0.39, 0.29) is 18.5 Å². The molecule has 0 aromatic rings. The van der Waals surface area contributed by atoms with E-state index in [1.54, 1.807) is 0 Å². The highest BCUT2D eigenvalue weighted by molar-refractivity contribution is 5.76. The largest absolute Gasteiger partial charge is 0.466 e. The van der Waals surface area contributed by atoms with E-state index in [2.05, 4.69) is 55.6 Å². The third-order valence-corrected chi connectivity index (χ3v) is 13.7. The highest BCUT2D eigenvalue weighted by atomic mass is 16.5. The molecule has 0 aromatic heterocycles.